The molecule has 0 saturated carbocycles. The average molecular weight is 341 g/mol. The summed E-state index contributed by atoms with van der Waals surface area (Å²) in [4.78, 5) is 13.2. The predicted octanol–water partition coefficient (Wildman–Crippen LogP) is 1.23. The molecule has 1 fully saturated rings. The molecule has 1 amide bonds. The van der Waals surface area contributed by atoms with Gasteiger partial charge in [0.1, 0.15) is 0 Å². The van der Waals surface area contributed by atoms with E-state index in [1.54, 1.807) is 11.8 Å². The summed E-state index contributed by atoms with van der Waals surface area (Å²) in [5.74, 6) is 0. The molecule has 1 heterocycles. The number of carbonyl (C=O) groups excluding carboxylic acids is 1. The lowest BCUT2D eigenvalue weighted by Gasteiger charge is -2.31. The second-order valence-corrected chi connectivity index (χ2v) is 6.92. The van der Waals surface area contributed by atoms with E-state index in [-0.39, 0.29) is 18.7 Å². The zero-order chi connectivity index (χ0) is 16.7. The largest absolute Gasteiger partial charge is 0.450 e. The Hall–Kier alpha value is -1.64. The Labute approximate surface area is 137 Å². The van der Waals surface area contributed by atoms with Gasteiger partial charge in [0, 0.05) is 25.7 Å². The number of benzene rings is 1. The van der Waals surface area contributed by atoms with Gasteiger partial charge in [-0.15, -0.1) is 0 Å². The fourth-order valence-corrected chi connectivity index (χ4v) is 3.54. The molecule has 8 heteroatoms. The van der Waals surface area contributed by atoms with Crippen LogP contribution in [0.3, 0.4) is 0 Å². The van der Waals surface area contributed by atoms with Gasteiger partial charge in [0.2, 0.25) is 0 Å². The molecule has 0 aliphatic carbocycles. The Balaban J connectivity index is 1.77. The van der Waals surface area contributed by atoms with Gasteiger partial charge in [-0.3, -0.25) is 0 Å². The summed E-state index contributed by atoms with van der Waals surface area (Å²) in [6, 6.07) is 9.16. The highest BCUT2D eigenvalue weighted by atomic mass is 32.2. The summed E-state index contributed by atoms with van der Waals surface area (Å²) < 4.78 is 34.2. The molecule has 0 radical (unpaired) electrons. The third kappa shape index (κ3) is 5.81. The van der Waals surface area contributed by atoms with Crippen molar-refractivity contribution in [3.05, 3.63) is 35.9 Å². The maximum atomic E-state index is 12.1. The Morgan fingerprint density at radius 1 is 1.26 bits per heavy atom. The lowest BCUT2D eigenvalue weighted by atomic mass is 10.1. The van der Waals surface area contributed by atoms with Crippen LogP contribution >= 0.6 is 0 Å². The van der Waals surface area contributed by atoms with Crippen LogP contribution in [0.2, 0.25) is 0 Å². The molecule has 2 rings (SSSR count). The van der Waals surface area contributed by atoms with Crippen LogP contribution in [0.1, 0.15) is 25.3 Å². The molecule has 1 aliphatic heterocycles. The number of amides is 1. The summed E-state index contributed by atoms with van der Waals surface area (Å²) in [7, 11) is -3.56. The second kappa shape index (κ2) is 8.28. The second-order valence-electron chi connectivity index (χ2n) is 5.39. The minimum absolute atomic E-state index is 0.172. The monoisotopic (exact) mass is 341 g/mol. The van der Waals surface area contributed by atoms with Crippen molar-refractivity contribution in [3.63, 3.8) is 0 Å². The van der Waals surface area contributed by atoms with Crippen LogP contribution in [0.25, 0.3) is 0 Å². The summed E-state index contributed by atoms with van der Waals surface area (Å²) in [6.45, 7) is 3.33. The molecule has 2 N–H and O–H groups in total. The molecule has 1 aromatic carbocycles. The third-order valence-electron chi connectivity index (χ3n) is 3.65. The van der Waals surface area contributed by atoms with Crippen LogP contribution in [0.5, 0.6) is 0 Å². The lowest BCUT2D eigenvalue weighted by Crippen LogP contribution is -2.49. The first-order chi connectivity index (χ1) is 11.0. The summed E-state index contributed by atoms with van der Waals surface area (Å²) >= 11 is 0. The van der Waals surface area contributed by atoms with Gasteiger partial charge >= 0.3 is 6.09 Å². The molecule has 1 saturated heterocycles. The summed E-state index contributed by atoms with van der Waals surface area (Å²) in [6.07, 6.45) is 0.812. The first kappa shape index (κ1) is 17.7. The minimum Gasteiger partial charge on any atom is -0.450 e. The van der Waals surface area contributed by atoms with E-state index in [0.717, 1.165) is 5.56 Å². The Morgan fingerprint density at radius 2 is 1.91 bits per heavy atom. The topological polar surface area (TPSA) is 87.7 Å². The van der Waals surface area contributed by atoms with Crippen LogP contribution in [0.15, 0.2) is 30.3 Å². The van der Waals surface area contributed by atoms with Crippen molar-refractivity contribution in [1.29, 1.82) is 0 Å². The number of nitrogens with zero attached hydrogens (tertiary/aromatic N) is 1. The van der Waals surface area contributed by atoms with Crippen molar-refractivity contribution >= 4 is 16.3 Å². The highest BCUT2D eigenvalue weighted by Crippen LogP contribution is 2.12. The first-order valence-corrected chi connectivity index (χ1v) is 9.21. The summed E-state index contributed by atoms with van der Waals surface area (Å²) in [5.41, 5.74) is 0.898. The maximum Gasteiger partial charge on any atom is 0.409 e. The van der Waals surface area contributed by atoms with Crippen molar-refractivity contribution in [2.45, 2.75) is 32.4 Å². The van der Waals surface area contributed by atoms with Crippen LogP contribution < -0.4 is 9.44 Å². The quantitative estimate of drug-likeness (QED) is 0.815. The first-order valence-electron chi connectivity index (χ1n) is 7.72. The van der Waals surface area contributed by atoms with Crippen LogP contribution in [-0.4, -0.2) is 45.1 Å². The van der Waals surface area contributed by atoms with Crippen molar-refractivity contribution in [1.82, 2.24) is 14.3 Å². The molecular weight excluding hydrogens is 318 g/mol. The lowest BCUT2D eigenvalue weighted by molar-refractivity contribution is 0.0965. The molecular formula is C15H23N3O4S. The highest BCUT2D eigenvalue weighted by Gasteiger charge is 2.26. The van der Waals surface area contributed by atoms with E-state index in [4.69, 9.17) is 4.74 Å². The number of piperidine rings is 1. The van der Waals surface area contributed by atoms with Gasteiger partial charge in [-0.25, -0.2) is 4.79 Å². The van der Waals surface area contributed by atoms with E-state index in [0.29, 0.717) is 32.5 Å². The molecule has 23 heavy (non-hydrogen) atoms. The third-order valence-corrected chi connectivity index (χ3v) is 4.82. The predicted molar refractivity (Wildman–Crippen MR) is 87.0 cm³/mol. The van der Waals surface area contributed by atoms with Gasteiger partial charge in [-0.05, 0) is 25.3 Å². The number of likely N-dealkylation sites (tertiary alicyclic amines) is 1. The van der Waals surface area contributed by atoms with Crippen molar-refractivity contribution < 1.29 is 17.9 Å². The fraction of sp³-hybridized carbons (Fsp3) is 0.533. The van der Waals surface area contributed by atoms with Crippen LogP contribution in [0.4, 0.5) is 4.79 Å². The van der Waals surface area contributed by atoms with E-state index in [1.807, 2.05) is 30.3 Å². The number of hydrogen-bond donors (Lipinski definition) is 2. The van der Waals surface area contributed by atoms with Gasteiger partial charge in [0.15, 0.2) is 0 Å². The van der Waals surface area contributed by atoms with Crippen molar-refractivity contribution in [2.75, 3.05) is 19.7 Å². The molecule has 0 unspecified atom stereocenters. The molecule has 0 atom stereocenters. The number of rotatable bonds is 6. The van der Waals surface area contributed by atoms with Gasteiger partial charge in [0.05, 0.1) is 6.61 Å². The molecule has 0 aromatic heterocycles. The Bertz CT molecular complexity index is 598. The number of nitrogens with one attached hydrogen (secondary N) is 2. The zero-order valence-electron chi connectivity index (χ0n) is 13.2. The molecule has 1 aromatic rings. The van der Waals surface area contributed by atoms with Crippen LogP contribution in [-0.2, 0) is 21.5 Å². The smallest absolute Gasteiger partial charge is 0.409 e. The van der Waals surface area contributed by atoms with Gasteiger partial charge in [0.25, 0.3) is 10.2 Å². The maximum absolute atomic E-state index is 12.1. The van der Waals surface area contributed by atoms with Crippen molar-refractivity contribution in [2.24, 2.45) is 0 Å². The molecule has 0 bridgehead atoms. The number of hydrogen-bond acceptors (Lipinski definition) is 4. The summed E-state index contributed by atoms with van der Waals surface area (Å²) in [5, 5.41) is 0. The Morgan fingerprint density at radius 3 is 2.52 bits per heavy atom. The normalized spacial score (nSPS) is 16.3. The van der Waals surface area contributed by atoms with Crippen molar-refractivity contribution in [3.8, 4) is 0 Å². The SMILES string of the molecule is CCOC(=O)N1CCC(NS(=O)(=O)NCc2ccccc2)CC1. The van der Waals surface area contributed by atoms with E-state index in [2.05, 4.69) is 9.44 Å². The van der Waals surface area contributed by atoms with Crippen LogP contribution in [0, 0.1) is 0 Å². The van der Waals surface area contributed by atoms with Gasteiger partial charge in [-0.1, -0.05) is 30.3 Å². The molecule has 128 valence electrons. The van der Waals surface area contributed by atoms with E-state index in [1.165, 1.54) is 0 Å². The standard InChI is InChI=1S/C15H23N3O4S/c1-2-22-15(19)18-10-8-14(9-11-18)17-23(20,21)16-12-13-6-4-3-5-7-13/h3-7,14,16-17H,2,8-12H2,1H3. The van der Waals surface area contributed by atoms with E-state index < -0.39 is 10.2 Å². The number of carbonyl (C=O) groups is 1. The minimum atomic E-state index is -3.56. The molecule has 7 nitrogen and oxygen atoms in total. The van der Waals surface area contributed by atoms with E-state index >= 15 is 0 Å². The zero-order valence-corrected chi connectivity index (χ0v) is 14.0. The molecule has 0 spiro atoms. The number of ether oxygens (including phenoxy) is 1. The fourth-order valence-electron chi connectivity index (χ4n) is 2.43. The van der Waals surface area contributed by atoms with Gasteiger partial charge in [-0.2, -0.15) is 17.9 Å². The Kier molecular flexibility index (Phi) is 6.37. The van der Waals surface area contributed by atoms with Gasteiger partial charge < -0.3 is 9.64 Å². The highest BCUT2D eigenvalue weighted by molar-refractivity contribution is 7.87. The van der Waals surface area contributed by atoms with E-state index in [9.17, 15) is 13.2 Å². The average Bonchev–Trinajstić information content (AvgIpc) is 2.55. The molecule has 1 aliphatic rings.